The number of hydrogen-bond donors (Lipinski definition) is 1. The Morgan fingerprint density at radius 1 is 0.977 bits per heavy atom. The number of nitrogen functional groups attached to an aromatic ring is 1. The molecule has 2 heterocycles. The van der Waals surface area contributed by atoms with Gasteiger partial charge in [0.1, 0.15) is 24.2 Å². The Morgan fingerprint density at radius 3 is 2.49 bits per heavy atom. The van der Waals surface area contributed by atoms with E-state index in [0.29, 0.717) is 46.6 Å². The van der Waals surface area contributed by atoms with Crippen molar-refractivity contribution in [3.05, 3.63) is 113 Å². The number of anilines is 2. The molecule has 43 heavy (non-hydrogen) atoms. The van der Waals surface area contributed by atoms with E-state index in [0.717, 1.165) is 12.1 Å². The van der Waals surface area contributed by atoms with Gasteiger partial charge in [0.15, 0.2) is 11.5 Å². The van der Waals surface area contributed by atoms with E-state index in [1.807, 2.05) is 54.6 Å². The van der Waals surface area contributed by atoms with Crippen LogP contribution in [0.15, 0.2) is 102 Å². The molecule has 6 rings (SSSR count). The van der Waals surface area contributed by atoms with Crippen molar-refractivity contribution >= 4 is 28.6 Å². The molecule has 1 fully saturated rings. The summed E-state index contributed by atoms with van der Waals surface area (Å²) in [5, 5.41) is 0. The number of nitrogens with two attached hydrogens (primary N) is 1. The molecule has 0 unspecified atom stereocenters. The van der Waals surface area contributed by atoms with Gasteiger partial charge >= 0.3 is 5.69 Å². The number of carbonyl (C=O) groups excluding carboxylic acids is 1. The third-order valence-corrected chi connectivity index (χ3v) is 7.62. The van der Waals surface area contributed by atoms with Gasteiger partial charge < -0.3 is 15.4 Å². The number of ether oxygens (including phenoxy) is 1. The van der Waals surface area contributed by atoms with Crippen molar-refractivity contribution in [2.24, 2.45) is 0 Å². The number of imidazole rings is 1. The van der Waals surface area contributed by atoms with Crippen LogP contribution >= 0.6 is 0 Å². The number of likely N-dealkylation sites (N-methyl/N-ethyl adjacent to an activating group) is 2. The Morgan fingerprint density at radius 2 is 1.74 bits per heavy atom. The predicted octanol–water partition coefficient (Wildman–Crippen LogP) is 4.35. The van der Waals surface area contributed by atoms with Crippen molar-refractivity contribution in [2.45, 2.75) is 25.5 Å². The zero-order valence-corrected chi connectivity index (χ0v) is 24.1. The van der Waals surface area contributed by atoms with Crippen LogP contribution in [0.4, 0.5) is 11.5 Å². The smallest absolute Gasteiger partial charge is 0.339 e. The van der Waals surface area contributed by atoms with Gasteiger partial charge in [0.25, 0.3) is 0 Å². The van der Waals surface area contributed by atoms with Gasteiger partial charge in [0.05, 0.1) is 11.4 Å². The molecule has 1 aliphatic rings. The van der Waals surface area contributed by atoms with E-state index in [-0.39, 0.29) is 17.4 Å². The third kappa shape index (κ3) is 5.91. The zero-order valence-electron chi connectivity index (χ0n) is 24.1. The third-order valence-electron chi connectivity index (χ3n) is 7.62. The fourth-order valence-corrected chi connectivity index (χ4v) is 5.02. The van der Waals surface area contributed by atoms with Gasteiger partial charge in [-0.05, 0) is 67.9 Å². The average Bonchev–Trinajstić information content (AvgIpc) is 3.84. The highest BCUT2D eigenvalue weighted by Crippen LogP contribution is 2.27. The highest BCUT2D eigenvalue weighted by atomic mass is 16.5. The first-order valence-electron chi connectivity index (χ1n) is 14.2. The average molecular weight is 576 g/mol. The molecule has 0 atom stereocenters. The maximum Gasteiger partial charge on any atom is 0.339 e. The molecule has 0 spiro atoms. The number of fused-ring (bicyclic) bond motifs is 1. The molecule has 0 aliphatic heterocycles. The fourth-order valence-electron chi connectivity index (χ4n) is 5.02. The van der Waals surface area contributed by atoms with Crippen molar-refractivity contribution in [3.63, 3.8) is 0 Å². The summed E-state index contributed by atoms with van der Waals surface area (Å²) < 4.78 is 8.90. The Kier molecular flexibility index (Phi) is 7.76. The molecule has 1 saturated carbocycles. The molecule has 218 valence electrons. The lowest BCUT2D eigenvalue weighted by Crippen LogP contribution is -2.26. The number of benzene rings is 3. The normalized spacial score (nSPS) is 13.2. The van der Waals surface area contributed by atoms with E-state index in [2.05, 4.69) is 21.9 Å². The van der Waals surface area contributed by atoms with Crippen LogP contribution in [0.1, 0.15) is 18.4 Å². The Balaban J connectivity index is 1.29. The lowest BCUT2D eigenvalue weighted by molar-refractivity contribution is -0.113. The molecular formula is C33H33N7O3. The molecule has 0 saturated heterocycles. The summed E-state index contributed by atoms with van der Waals surface area (Å²) in [5.41, 5.74) is 9.50. The van der Waals surface area contributed by atoms with Crippen LogP contribution in [0, 0.1) is 0 Å². The van der Waals surface area contributed by atoms with Crippen molar-refractivity contribution in [3.8, 4) is 17.1 Å². The first-order valence-corrected chi connectivity index (χ1v) is 14.2. The van der Waals surface area contributed by atoms with Crippen LogP contribution in [-0.4, -0.2) is 56.6 Å². The lowest BCUT2D eigenvalue weighted by Gasteiger charge is -2.17. The maximum absolute atomic E-state index is 14.0. The zero-order chi connectivity index (χ0) is 29.9. The summed E-state index contributed by atoms with van der Waals surface area (Å²) in [6, 6.07) is 25.0. The standard InChI is InChI=1S/C33H33N7O3/c1-37(24-13-14-24)19-7-12-29(41)38(2)26-10-6-11-27(20-26)40-32-30(31(34)35-22-36-32)39(33(40)42)25-15-17-28(18-16-25)43-21-23-8-4-3-5-9-23/h3-12,15-18,20,22,24H,13-14,19,21H2,1-2H3,(H2,34,35,36). The number of hydrogen-bond acceptors (Lipinski definition) is 7. The summed E-state index contributed by atoms with van der Waals surface area (Å²) in [7, 11) is 3.78. The highest BCUT2D eigenvalue weighted by Gasteiger charge is 2.25. The van der Waals surface area contributed by atoms with E-state index in [9.17, 15) is 9.59 Å². The van der Waals surface area contributed by atoms with Crippen LogP contribution in [-0.2, 0) is 11.4 Å². The summed E-state index contributed by atoms with van der Waals surface area (Å²) >= 11 is 0. The molecule has 3 aromatic carbocycles. The second-order valence-electron chi connectivity index (χ2n) is 10.6. The molecule has 0 radical (unpaired) electrons. The lowest BCUT2D eigenvalue weighted by atomic mass is 10.2. The topological polar surface area (TPSA) is 112 Å². The van der Waals surface area contributed by atoms with Gasteiger partial charge in [-0.1, -0.05) is 42.5 Å². The minimum atomic E-state index is -0.366. The molecule has 1 aliphatic carbocycles. The van der Waals surface area contributed by atoms with E-state index < -0.39 is 0 Å². The van der Waals surface area contributed by atoms with Crippen molar-refractivity contribution in [2.75, 3.05) is 31.3 Å². The van der Waals surface area contributed by atoms with E-state index in [4.69, 9.17) is 10.5 Å². The molecule has 10 heteroatoms. The van der Waals surface area contributed by atoms with Gasteiger partial charge in [-0.25, -0.2) is 19.3 Å². The van der Waals surface area contributed by atoms with Crippen LogP contribution in [0.5, 0.6) is 5.75 Å². The van der Waals surface area contributed by atoms with Gasteiger partial charge in [-0.2, -0.15) is 0 Å². The molecule has 5 aromatic rings. The Bertz CT molecular complexity index is 1840. The summed E-state index contributed by atoms with van der Waals surface area (Å²) in [5.74, 6) is 0.689. The van der Waals surface area contributed by atoms with Crippen LogP contribution < -0.4 is 21.1 Å². The SMILES string of the molecule is CN(C(=O)C=CCN(C)C1CC1)c1cccc(-n2c(=O)n(-c3ccc(OCc4ccccc4)cc3)c3c(N)ncnc32)c1. The summed E-state index contributed by atoms with van der Waals surface area (Å²) in [6.07, 6.45) is 7.24. The maximum atomic E-state index is 14.0. The van der Waals surface area contributed by atoms with E-state index in [1.165, 1.54) is 28.3 Å². The number of amides is 1. The molecular weight excluding hydrogens is 542 g/mol. The quantitative estimate of drug-likeness (QED) is 0.247. The molecule has 2 aromatic heterocycles. The molecule has 1 amide bonds. The van der Waals surface area contributed by atoms with Gasteiger partial charge in [0, 0.05) is 31.4 Å². The van der Waals surface area contributed by atoms with Crippen molar-refractivity contribution in [1.29, 1.82) is 0 Å². The van der Waals surface area contributed by atoms with Crippen molar-refractivity contribution in [1.82, 2.24) is 24.0 Å². The largest absolute Gasteiger partial charge is 0.489 e. The first kappa shape index (κ1) is 27.9. The second kappa shape index (κ2) is 11.9. The predicted molar refractivity (Wildman–Crippen MR) is 168 cm³/mol. The van der Waals surface area contributed by atoms with Crippen LogP contribution in [0.25, 0.3) is 22.5 Å². The first-order chi connectivity index (χ1) is 20.9. The number of carbonyl (C=O) groups is 1. The highest BCUT2D eigenvalue weighted by molar-refractivity contribution is 6.01. The van der Waals surface area contributed by atoms with Gasteiger partial charge in [-0.3, -0.25) is 14.3 Å². The molecule has 2 N–H and O–H groups in total. The number of aromatic nitrogens is 4. The van der Waals surface area contributed by atoms with E-state index in [1.54, 1.807) is 48.4 Å². The monoisotopic (exact) mass is 575 g/mol. The number of rotatable bonds is 10. The minimum Gasteiger partial charge on any atom is -0.489 e. The minimum absolute atomic E-state index is 0.155. The van der Waals surface area contributed by atoms with Crippen molar-refractivity contribution < 1.29 is 9.53 Å². The molecule has 10 nitrogen and oxygen atoms in total. The summed E-state index contributed by atoms with van der Waals surface area (Å²) in [4.78, 5) is 39.3. The van der Waals surface area contributed by atoms with Gasteiger partial charge in [0.2, 0.25) is 5.91 Å². The number of nitrogens with zero attached hydrogens (tertiary/aromatic N) is 6. The second-order valence-corrected chi connectivity index (χ2v) is 10.6. The van der Waals surface area contributed by atoms with Crippen LogP contribution in [0.3, 0.4) is 0 Å². The summed E-state index contributed by atoms with van der Waals surface area (Å²) in [6.45, 7) is 1.15. The molecule has 0 bridgehead atoms. The van der Waals surface area contributed by atoms with E-state index >= 15 is 0 Å². The Hall–Kier alpha value is -5.22. The van der Waals surface area contributed by atoms with Gasteiger partial charge in [-0.15, -0.1) is 0 Å². The van der Waals surface area contributed by atoms with Crippen LogP contribution in [0.2, 0.25) is 0 Å². The fraction of sp³-hybridized carbons (Fsp3) is 0.212. The Labute approximate surface area is 249 Å².